The number of nitrogens with one attached hydrogen (secondary N) is 1. The summed E-state index contributed by atoms with van der Waals surface area (Å²) in [5, 5.41) is 12.6. The number of hydrogen-bond donors (Lipinski definition) is 1. The number of carbonyl (C=O) groups excluding carboxylic acids is 2. The summed E-state index contributed by atoms with van der Waals surface area (Å²) >= 11 is 1.25. The molecule has 35 heavy (non-hydrogen) atoms. The Bertz CT molecular complexity index is 1310. The zero-order valence-electron chi connectivity index (χ0n) is 19.7. The van der Waals surface area contributed by atoms with Crippen LogP contribution in [0.15, 0.2) is 83.4 Å². The lowest BCUT2D eigenvalue weighted by molar-refractivity contribution is -0.117. The number of rotatable bonds is 6. The topological polar surface area (TPSA) is 82.4 Å². The van der Waals surface area contributed by atoms with Crippen LogP contribution in [-0.4, -0.2) is 24.2 Å². The molecule has 0 bridgehead atoms. The molecule has 1 aliphatic rings. The van der Waals surface area contributed by atoms with Gasteiger partial charge in [0.15, 0.2) is 0 Å². The fraction of sp³-hybridized carbons (Fsp3) is 0.179. The van der Waals surface area contributed by atoms with Gasteiger partial charge in [0.2, 0.25) is 5.91 Å². The van der Waals surface area contributed by atoms with Crippen LogP contribution in [0.2, 0.25) is 0 Å². The predicted octanol–water partition coefficient (Wildman–Crippen LogP) is 5.38. The number of ether oxygens (including phenoxy) is 1. The van der Waals surface area contributed by atoms with Crippen molar-refractivity contribution in [3.63, 3.8) is 0 Å². The fourth-order valence-corrected chi connectivity index (χ4v) is 5.03. The van der Waals surface area contributed by atoms with Crippen molar-refractivity contribution < 1.29 is 14.3 Å². The molecule has 1 heterocycles. The molecule has 2 amide bonds. The number of nitriles is 1. The van der Waals surface area contributed by atoms with Gasteiger partial charge in [-0.3, -0.25) is 14.5 Å². The molecule has 3 aromatic carbocycles. The number of thioether (sulfide) groups is 1. The van der Waals surface area contributed by atoms with Gasteiger partial charge in [-0.25, -0.2) is 0 Å². The Hall–Kier alpha value is -4.02. The quantitative estimate of drug-likeness (QED) is 0.376. The molecule has 0 spiro atoms. The van der Waals surface area contributed by atoms with Crippen molar-refractivity contribution in [2.24, 2.45) is 0 Å². The summed E-state index contributed by atoms with van der Waals surface area (Å²) in [6, 6.07) is 24.4. The zero-order chi connectivity index (χ0) is 24.9. The van der Waals surface area contributed by atoms with Crippen LogP contribution in [-0.2, 0) is 16.0 Å². The molecule has 1 saturated heterocycles. The van der Waals surface area contributed by atoms with E-state index in [0.717, 1.165) is 16.7 Å². The number of nitrogens with zero attached hydrogens (tertiary/aromatic N) is 2. The van der Waals surface area contributed by atoms with Crippen molar-refractivity contribution in [1.29, 1.82) is 5.26 Å². The van der Waals surface area contributed by atoms with E-state index in [1.165, 1.54) is 16.7 Å². The van der Waals surface area contributed by atoms with Gasteiger partial charge in [-0.1, -0.05) is 59.3 Å². The SMILES string of the molecule is COc1ccc(N2C(=O)C(Cc3ccc(C)cc3)S/C2=C(/C#N)C(=O)Nc2ccc(C)cc2)cc1. The Morgan fingerprint density at radius 3 is 2.17 bits per heavy atom. The van der Waals surface area contributed by atoms with E-state index < -0.39 is 11.2 Å². The van der Waals surface area contributed by atoms with E-state index >= 15 is 0 Å². The summed E-state index contributed by atoms with van der Waals surface area (Å²) < 4.78 is 5.24. The van der Waals surface area contributed by atoms with Gasteiger partial charge in [0.05, 0.1) is 12.4 Å². The van der Waals surface area contributed by atoms with Crippen LogP contribution < -0.4 is 15.0 Å². The molecule has 0 aromatic heterocycles. The van der Waals surface area contributed by atoms with E-state index in [9.17, 15) is 14.9 Å². The maximum atomic E-state index is 13.6. The molecule has 6 nitrogen and oxygen atoms in total. The van der Waals surface area contributed by atoms with Gasteiger partial charge in [0.25, 0.3) is 5.91 Å². The Labute approximate surface area is 209 Å². The standard InChI is InChI=1S/C28H25N3O3S/c1-18-4-8-20(9-5-18)16-25-27(33)31(22-12-14-23(34-3)15-13-22)28(35-25)24(17-29)26(32)30-21-10-6-19(2)7-11-21/h4-15,25H,16H2,1-3H3,(H,30,32)/b28-24-. The highest BCUT2D eigenvalue weighted by Gasteiger charge is 2.40. The number of carbonyl (C=O) groups is 2. The molecule has 0 aliphatic carbocycles. The molecule has 0 saturated carbocycles. The molecule has 1 unspecified atom stereocenters. The van der Waals surface area contributed by atoms with Crippen molar-refractivity contribution in [3.8, 4) is 11.8 Å². The summed E-state index contributed by atoms with van der Waals surface area (Å²) in [7, 11) is 1.57. The second-order valence-electron chi connectivity index (χ2n) is 8.28. The molecule has 1 fully saturated rings. The van der Waals surface area contributed by atoms with Crippen molar-refractivity contribution in [2.75, 3.05) is 17.3 Å². The number of aryl methyl sites for hydroxylation is 2. The first kappa shape index (κ1) is 24.1. The number of methoxy groups -OCH3 is 1. The van der Waals surface area contributed by atoms with E-state index in [2.05, 4.69) is 5.32 Å². The molecular weight excluding hydrogens is 458 g/mol. The first-order chi connectivity index (χ1) is 16.9. The van der Waals surface area contributed by atoms with Gasteiger partial charge in [-0.05, 0) is 62.2 Å². The normalized spacial score (nSPS) is 16.6. The average Bonchev–Trinajstić information content (AvgIpc) is 3.17. The van der Waals surface area contributed by atoms with Crippen molar-refractivity contribution in [2.45, 2.75) is 25.5 Å². The van der Waals surface area contributed by atoms with Gasteiger partial charge in [0, 0.05) is 11.4 Å². The first-order valence-electron chi connectivity index (χ1n) is 11.1. The summed E-state index contributed by atoms with van der Waals surface area (Å²) in [4.78, 5) is 28.2. The Balaban J connectivity index is 1.71. The van der Waals surface area contributed by atoms with E-state index in [1.807, 2.05) is 56.3 Å². The third-order valence-electron chi connectivity index (χ3n) is 5.69. The van der Waals surface area contributed by atoms with Gasteiger partial charge < -0.3 is 10.1 Å². The minimum absolute atomic E-state index is 0.105. The predicted molar refractivity (Wildman–Crippen MR) is 139 cm³/mol. The lowest BCUT2D eigenvalue weighted by atomic mass is 10.1. The highest BCUT2D eigenvalue weighted by Crippen LogP contribution is 2.42. The fourth-order valence-electron chi connectivity index (χ4n) is 3.72. The van der Waals surface area contributed by atoms with E-state index in [1.54, 1.807) is 43.5 Å². The molecule has 176 valence electrons. The Kier molecular flexibility index (Phi) is 7.23. The first-order valence-corrected chi connectivity index (χ1v) is 12.0. The van der Waals surface area contributed by atoms with Gasteiger partial charge in [-0.15, -0.1) is 0 Å². The summed E-state index contributed by atoms with van der Waals surface area (Å²) in [5.41, 5.74) is 4.25. The van der Waals surface area contributed by atoms with Crippen molar-refractivity contribution in [1.82, 2.24) is 0 Å². The maximum Gasteiger partial charge on any atom is 0.269 e. The lowest BCUT2D eigenvalue weighted by Gasteiger charge is -2.19. The minimum Gasteiger partial charge on any atom is -0.497 e. The minimum atomic E-state index is -0.554. The van der Waals surface area contributed by atoms with Crippen LogP contribution in [0.5, 0.6) is 5.75 Å². The molecule has 1 aliphatic heterocycles. The van der Waals surface area contributed by atoms with E-state index in [-0.39, 0.29) is 11.5 Å². The largest absolute Gasteiger partial charge is 0.497 e. The molecule has 0 radical (unpaired) electrons. The monoisotopic (exact) mass is 483 g/mol. The van der Waals surface area contributed by atoms with Crippen LogP contribution >= 0.6 is 11.8 Å². The van der Waals surface area contributed by atoms with Crippen molar-refractivity contribution >= 4 is 35.0 Å². The van der Waals surface area contributed by atoms with Gasteiger partial charge >= 0.3 is 0 Å². The molecular formula is C28H25N3O3S. The summed E-state index contributed by atoms with van der Waals surface area (Å²) in [6.07, 6.45) is 0.484. The highest BCUT2D eigenvalue weighted by molar-refractivity contribution is 8.05. The summed E-state index contributed by atoms with van der Waals surface area (Å²) in [6.45, 7) is 3.97. The van der Waals surface area contributed by atoms with Gasteiger partial charge in [-0.2, -0.15) is 5.26 Å². The number of amides is 2. The number of anilines is 2. The van der Waals surface area contributed by atoms with Crippen LogP contribution in [0.1, 0.15) is 16.7 Å². The second kappa shape index (κ2) is 10.5. The maximum absolute atomic E-state index is 13.6. The number of hydrogen-bond acceptors (Lipinski definition) is 5. The van der Waals surface area contributed by atoms with Gasteiger partial charge in [0.1, 0.15) is 22.4 Å². The molecule has 4 rings (SSSR count). The van der Waals surface area contributed by atoms with E-state index in [0.29, 0.717) is 28.6 Å². The Morgan fingerprint density at radius 1 is 1.00 bits per heavy atom. The zero-order valence-corrected chi connectivity index (χ0v) is 20.6. The molecule has 3 aromatic rings. The van der Waals surface area contributed by atoms with Crippen LogP contribution in [0.25, 0.3) is 0 Å². The van der Waals surface area contributed by atoms with Crippen LogP contribution in [0, 0.1) is 25.2 Å². The lowest BCUT2D eigenvalue weighted by Crippen LogP contribution is -2.30. The third kappa shape index (κ3) is 5.39. The smallest absolute Gasteiger partial charge is 0.269 e. The average molecular weight is 484 g/mol. The Morgan fingerprint density at radius 2 is 1.60 bits per heavy atom. The second-order valence-corrected chi connectivity index (χ2v) is 9.47. The number of benzene rings is 3. The van der Waals surface area contributed by atoms with Crippen LogP contribution in [0.3, 0.4) is 0 Å². The van der Waals surface area contributed by atoms with Crippen molar-refractivity contribution in [3.05, 3.63) is 100 Å². The van der Waals surface area contributed by atoms with E-state index in [4.69, 9.17) is 4.74 Å². The molecule has 1 N–H and O–H groups in total. The molecule has 1 atom stereocenters. The highest BCUT2D eigenvalue weighted by atomic mass is 32.2. The van der Waals surface area contributed by atoms with Crippen LogP contribution in [0.4, 0.5) is 11.4 Å². The summed E-state index contributed by atoms with van der Waals surface area (Å²) in [5.74, 6) is -0.0832. The molecule has 7 heteroatoms. The third-order valence-corrected chi connectivity index (χ3v) is 6.95.